The number of thioether (sulfide) groups is 1. The monoisotopic (exact) mass is 333 g/mol. The van der Waals surface area contributed by atoms with Crippen LogP contribution < -0.4 is 10.2 Å². The van der Waals surface area contributed by atoms with Gasteiger partial charge in [0, 0.05) is 24.0 Å². The van der Waals surface area contributed by atoms with Crippen LogP contribution in [-0.4, -0.2) is 30.8 Å². The zero-order valence-electron chi connectivity index (χ0n) is 13.8. The molecule has 1 unspecified atom stereocenters. The maximum atomic E-state index is 11.9. The highest BCUT2D eigenvalue weighted by molar-refractivity contribution is 8.03. The topological polar surface area (TPSA) is 65.4 Å². The Bertz CT molecular complexity index is 592. The molecule has 23 heavy (non-hydrogen) atoms. The zero-order valence-corrected chi connectivity index (χ0v) is 14.7. The van der Waals surface area contributed by atoms with Crippen molar-refractivity contribution < 1.29 is 9.53 Å². The van der Waals surface area contributed by atoms with E-state index in [4.69, 9.17) is 10.00 Å². The third-order valence-corrected chi connectivity index (χ3v) is 4.16. The van der Waals surface area contributed by atoms with E-state index in [9.17, 15) is 4.79 Å². The Morgan fingerprint density at radius 3 is 2.87 bits per heavy atom. The second-order valence-electron chi connectivity index (χ2n) is 6.59. The zero-order chi connectivity index (χ0) is 16.9. The summed E-state index contributed by atoms with van der Waals surface area (Å²) in [4.78, 5) is 15.1. The van der Waals surface area contributed by atoms with E-state index < -0.39 is 5.60 Å². The van der Waals surface area contributed by atoms with Crippen molar-refractivity contribution in [2.45, 2.75) is 50.2 Å². The van der Waals surface area contributed by atoms with Crippen molar-refractivity contribution in [1.29, 1.82) is 5.26 Å². The molecule has 1 heterocycles. The quantitative estimate of drug-likeness (QED) is 0.674. The van der Waals surface area contributed by atoms with Crippen LogP contribution in [0.15, 0.2) is 29.2 Å². The summed E-state index contributed by atoms with van der Waals surface area (Å²) in [5.74, 6) is 0. The molecular formula is C17H23N3O2S. The van der Waals surface area contributed by atoms with Gasteiger partial charge in [-0.1, -0.05) is 12.1 Å². The van der Waals surface area contributed by atoms with Gasteiger partial charge in [-0.3, -0.25) is 0 Å². The number of anilines is 1. The van der Waals surface area contributed by atoms with Crippen molar-refractivity contribution in [3.63, 3.8) is 0 Å². The van der Waals surface area contributed by atoms with Gasteiger partial charge in [0.05, 0.1) is 5.69 Å². The van der Waals surface area contributed by atoms with Crippen LogP contribution in [0, 0.1) is 10.7 Å². The van der Waals surface area contributed by atoms with E-state index in [-0.39, 0.29) is 12.1 Å². The molecule has 0 aliphatic carbocycles. The Morgan fingerprint density at radius 1 is 1.43 bits per heavy atom. The van der Waals surface area contributed by atoms with Crippen LogP contribution in [0.2, 0.25) is 0 Å². The number of para-hydroxylation sites is 1. The van der Waals surface area contributed by atoms with Crippen molar-refractivity contribution in [2.24, 2.45) is 0 Å². The molecule has 124 valence electrons. The van der Waals surface area contributed by atoms with Crippen LogP contribution in [-0.2, 0) is 4.74 Å². The number of alkyl carbamates (subject to hydrolysis) is 1. The van der Waals surface area contributed by atoms with Gasteiger partial charge in [-0.05, 0) is 57.5 Å². The summed E-state index contributed by atoms with van der Waals surface area (Å²) in [5, 5.41) is 14.0. The summed E-state index contributed by atoms with van der Waals surface area (Å²) in [6, 6.07) is 7.94. The summed E-state index contributed by atoms with van der Waals surface area (Å²) < 4.78 is 5.33. The minimum atomic E-state index is -0.492. The van der Waals surface area contributed by atoms with Crippen molar-refractivity contribution in [3.8, 4) is 5.40 Å². The molecule has 0 radical (unpaired) electrons. The number of piperidine rings is 1. The predicted molar refractivity (Wildman–Crippen MR) is 92.5 cm³/mol. The number of amides is 1. The first kappa shape index (κ1) is 17.5. The first-order valence-electron chi connectivity index (χ1n) is 7.78. The number of carbonyl (C=O) groups excluding carboxylic acids is 1. The number of hydrogen-bond donors (Lipinski definition) is 1. The molecule has 6 heteroatoms. The lowest BCUT2D eigenvalue weighted by Gasteiger charge is -2.35. The molecule has 1 aliphatic rings. The largest absolute Gasteiger partial charge is 0.444 e. The van der Waals surface area contributed by atoms with Crippen LogP contribution in [0.4, 0.5) is 10.5 Å². The molecule has 1 fully saturated rings. The van der Waals surface area contributed by atoms with E-state index in [1.165, 1.54) is 11.8 Å². The fourth-order valence-corrected chi connectivity index (χ4v) is 3.19. The molecule has 2 rings (SSSR count). The van der Waals surface area contributed by atoms with Gasteiger partial charge in [-0.2, -0.15) is 5.26 Å². The second kappa shape index (κ2) is 7.60. The molecule has 0 bridgehead atoms. The average molecular weight is 333 g/mol. The second-order valence-corrected chi connectivity index (χ2v) is 7.42. The van der Waals surface area contributed by atoms with Crippen molar-refractivity contribution in [2.75, 3.05) is 18.0 Å². The van der Waals surface area contributed by atoms with Crippen LogP contribution in [0.5, 0.6) is 0 Å². The van der Waals surface area contributed by atoms with Crippen LogP contribution in [0.1, 0.15) is 33.6 Å². The molecule has 1 aliphatic heterocycles. The maximum Gasteiger partial charge on any atom is 0.407 e. The molecule has 1 N–H and O–H groups in total. The van der Waals surface area contributed by atoms with Gasteiger partial charge in [-0.25, -0.2) is 4.79 Å². The molecule has 1 atom stereocenters. The Labute approximate surface area is 142 Å². The van der Waals surface area contributed by atoms with Gasteiger partial charge in [0.1, 0.15) is 11.0 Å². The highest BCUT2D eigenvalue weighted by Crippen LogP contribution is 2.31. The minimum Gasteiger partial charge on any atom is -0.444 e. The van der Waals surface area contributed by atoms with Gasteiger partial charge in [0.25, 0.3) is 0 Å². The van der Waals surface area contributed by atoms with E-state index in [0.717, 1.165) is 36.5 Å². The molecule has 0 spiro atoms. The summed E-state index contributed by atoms with van der Waals surface area (Å²) in [7, 11) is 0. The summed E-state index contributed by atoms with van der Waals surface area (Å²) in [6.07, 6.45) is 1.55. The Kier molecular flexibility index (Phi) is 5.78. The number of nitrogens with zero attached hydrogens (tertiary/aromatic N) is 2. The lowest BCUT2D eigenvalue weighted by Crippen LogP contribution is -2.49. The molecule has 1 amide bonds. The van der Waals surface area contributed by atoms with E-state index in [2.05, 4.69) is 15.6 Å². The number of carbonyl (C=O) groups is 1. The van der Waals surface area contributed by atoms with Crippen molar-refractivity contribution in [3.05, 3.63) is 24.3 Å². The molecule has 1 saturated heterocycles. The number of thiocyanates is 1. The smallest absolute Gasteiger partial charge is 0.407 e. The lowest BCUT2D eigenvalue weighted by molar-refractivity contribution is 0.0500. The first-order valence-corrected chi connectivity index (χ1v) is 8.60. The number of nitrogens with one attached hydrogen (secondary N) is 1. The number of hydrogen-bond acceptors (Lipinski definition) is 5. The predicted octanol–water partition coefficient (Wildman–Crippen LogP) is 3.75. The average Bonchev–Trinajstić information content (AvgIpc) is 2.46. The number of rotatable bonds is 3. The molecule has 1 aromatic rings. The van der Waals surface area contributed by atoms with Crippen molar-refractivity contribution in [1.82, 2.24) is 5.32 Å². The van der Waals surface area contributed by atoms with E-state index in [1.54, 1.807) is 0 Å². The van der Waals surface area contributed by atoms with Crippen molar-refractivity contribution >= 4 is 23.5 Å². The first-order chi connectivity index (χ1) is 10.9. The fourth-order valence-electron chi connectivity index (χ4n) is 2.64. The molecule has 0 saturated carbocycles. The molecule has 5 nitrogen and oxygen atoms in total. The molecule has 0 aromatic heterocycles. The maximum absolute atomic E-state index is 11.9. The summed E-state index contributed by atoms with van der Waals surface area (Å²) in [6.45, 7) is 7.22. The highest BCUT2D eigenvalue weighted by atomic mass is 32.2. The van der Waals surface area contributed by atoms with E-state index >= 15 is 0 Å². The van der Waals surface area contributed by atoms with Gasteiger partial charge < -0.3 is 15.0 Å². The van der Waals surface area contributed by atoms with Gasteiger partial charge in [0.2, 0.25) is 0 Å². The Morgan fingerprint density at radius 2 is 2.17 bits per heavy atom. The van der Waals surface area contributed by atoms with E-state index in [1.807, 2.05) is 45.0 Å². The number of ether oxygens (including phenoxy) is 1. The number of nitriles is 1. The third-order valence-electron chi connectivity index (χ3n) is 3.50. The van der Waals surface area contributed by atoms with Gasteiger partial charge in [-0.15, -0.1) is 0 Å². The van der Waals surface area contributed by atoms with Crippen LogP contribution in [0.3, 0.4) is 0 Å². The fraction of sp³-hybridized carbons (Fsp3) is 0.529. The minimum absolute atomic E-state index is 0.0544. The molecular weight excluding hydrogens is 310 g/mol. The van der Waals surface area contributed by atoms with Gasteiger partial charge in [0.15, 0.2) is 0 Å². The standard InChI is InChI=1S/C17H23N3O2S/c1-17(2,3)22-16(21)19-13-7-6-10-20(11-13)14-8-4-5-9-15(14)23-12-18/h4-5,8-9,13H,6-7,10-11H2,1-3H3,(H,19,21). The normalized spacial score (nSPS) is 18.2. The molecule has 1 aromatic carbocycles. The number of benzene rings is 1. The Balaban J connectivity index is 2.01. The Hall–Kier alpha value is -1.87. The lowest BCUT2D eigenvalue weighted by atomic mass is 10.1. The summed E-state index contributed by atoms with van der Waals surface area (Å²) >= 11 is 1.17. The summed E-state index contributed by atoms with van der Waals surface area (Å²) in [5.41, 5.74) is 0.559. The van der Waals surface area contributed by atoms with Crippen LogP contribution >= 0.6 is 11.8 Å². The SMILES string of the molecule is CC(C)(C)OC(=O)NC1CCCN(c2ccccc2SC#N)C1. The third kappa shape index (κ3) is 5.36. The van der Waals surface area contributed by atoms with Gasteiger partial charge >= 0.3 is 6.09 Å². The van der Waals surface area contributed by atoms with Crippen LogP contribution in [0.25, 0.3) is 0 Å². The highest BCUT2D eigenvalue weighted by Gasteiger charge is 2.25. The van der Waals surface area contributed by atoms with E-state index in [0.29, 0.717) is 0 Å².